The van der Waals surface area contributed by atoms with E-state index in [1.807, 2.05) is 0 Å². The van der Waals surface area contributed by atoms with Crippen LogP contribution in [0.5, 0.6) is 0 Å². The van der Waals surface area contributed by atoms with Gasteiger partial charge in [-0.2, -0.15) is 0 Å². The zero-order valence-corrected chi connectivity index (χ0v) is 22.2. The van der Waals surface area contributed by atoms with Crippen LogP contribution in [0.15, 0.2) is 86.2 Å². The molecule has 0 aliphatic heterocycles. The van der Waals surface area contributed by atoms with Crippen LogP contribution in [0.1, 0.15) is 19.8 Å². The molecule has 0 N–H and O–H groups in total. The fourth-order valence-electron chi connectivity index (χ4n) is 3.55. The number of hydrogen-bond acceptors (Lipinski definition) is 0. The Labute approximate surface area is 195 Å². The Kier molecular flexibility index (Phi) is 7.07. The van der Waals surface area contributed by atoms with E-state index in [0.29, 0.717) is 0 Å². The van der Waals surface area contributed by atoms with E-state index in [0.717, 1.165) is 32.4 Å². The summed E-state index contributed by atoms with van der Waals surface area (Å²) in [6, 6.07) is 26.6. The van der Waals surface area contributed by atoms with Crippen molar-refractivity contribution < 1.29 is 0 Å². The van der Waals surface area contributed by atoms with E-state index >= 15 is 0 Å². The van der Waals surface area contributed by atoms with Crippen molar-refractivity contribution >= 4 is 84.5 Å². The van der Waals surface area contributed by atoms with Crippen LogP contribution in [0, 0.1) is 0 Å². The molecule has 0 saturated carbocycles. The third kappa shape index (κ3) is 4.16. The number of benzene rings is 3. The zero-order chi connectivity index (χ0) is 19.5. The number of unbranched alkanes of at least 4 members (excludes halogenated alkanes) is 1. The Morgan fingerprint density at radius 2 is 0.889 bits per heavy atom. The summed E-state index contributed by atoms with van der Waals surface area (Å²) in [6.45, 7) is 2.26. The Morgan fingerprint density at radius 1 is 0.593 bits per heavy atom. The first-order valence-electron chi connectivity index (χ1n) is 8.89. The van der Waals surface area contributed by atoms with Crippen LogP contribution < -0.4 is 15.9 Å². The molecule has 0 fully saturated rings. The van der Waals surface area contributed by atoms with Gasteiger partial charge < -0.3 is 0 Å². The van der Waals surface area contributed by atoms with Crippen molar-refractivity contribution in [3.63, 3.8) is 0 Å². The quantitative estimate of drug-likeness (QED) is 0.242. The van der Waals surface area contributed by atoms with Gasteiger partial charge in [0.25, 0.3) is 0 Å². The first kappa shape index (κ1) is 21.7. The summed E-state index contributed by atoms with van der Waals surface area (Å²) in [7, 11) is 0. The summed E-state index contributed by atoms with van der Waals surface area (Å²) in [5.41, 5.74) is 0. The minimum absolute atomic E-state index is 1.09. The Morgan fingerprint density at radius 3 is 1.15 bits per heavy atom. The van der Waals surface area contributed by atoms with E-state index < -0.39 is 5.31 Å². The first-order chi connectivity index (χ1) is 12.9. The summed E-state index contributed by atoms with van der Waals surface area (Å²) >= 11 is 15.3. The minimum atomic E-state index is -2.78. The fourth-order valence-corrected chi connectivity index (χ4v) is 12.1. The third-order valence-corrected chi connectivity index (χ3v) is 16.6. The zero-order valence-electron chi connectivity index (χ0n) is 15.0. The van der Waals surface area contributed by atoms with E-state index in [1.165, 1.54) is 15.9 Å². The molecule has 3 aromatic rings. The molecule has 0 spiro atoms. The van der Waals surface area contributed by atoms with Gasteiger partial charge in [0, 0.05) is 0 Å². The summed E-state index contributed by atoms with van der Waals surface area (Å²) in [4.78, 5) is 0. The fraction of sp³-hybridized carbons (Fsp3) is 0.182. The van der Waals surface area contributed by atoms with E-state index in [4.69, 9.17) is 0 Å². The average molecular weight is 636 g/mol. The van der Waals surface area contributed by atoms with Crippen LogP contribution in [0.3, 0.4) is 0 Å². The maximum absolute atomic E-state index is 4.48. The summed E-state index contributed by atoms with van der Waals surface area (Å²) < 4.78 is 3.31. The molecule has 0 heterocycles. The van der Waals surface area contributed by atoms with E-state index in [1.54, 1.807) is 0 Å². The van der Waals surface area contributed by atoms with E-state index in [9.17, 15) is 0 Å². The predicted molar refractivity (Wildman–Crippen MR) is 137 cm³/mol. The molecular weight excluding hydrogens is 615 g/mol. The molecule has 0 amide bonds. The Balaban J connectivity index is 2.38. The first-order valence-corrected chi connectivity index (χ1v) is 15.7. The topological polar surface area (TPSA) is 0 Å². The van der Waals surface area contributed by atoms with Gasteiger partial charge in [0.15, 0.2) is 0 Å². The van der Waals surface area contributed by atoms with Crippen molar-refractivity contribution in [1.82, 2.24) is 0 Å². The number of hydrogen-bond donors (Lipinski definition) is 0. The molecule has 142 valence electrons. The Bertz CT molecular complexity index is 789. The molecule has 0 saturated heterocycles. The molecule has 0 radical (unpaired) electrons. The van der Waals surface area contributed by atoms with E-state index in [-0.39, 0.29) is 0 Å². The van der Waals surface area contributed by atoms with Crippen molar-refractivity contribution in [2.24, 2.45) is 0 Å². The van der Waals surface area contributed by atoms with Crippen molar-refractivity contribution in [3.05, 3.63) is 86.2 Å². The van der Waals surface area contributed by atoms with Crippen LogP contribution in [0.4, 0.5) is 0 Å². The van der Waals surface area contributed by atoms with Gasteiger partial charge in [0.2, 0.25) is 0 Å². The molecule has 0 nitrogen and oxygen atoms in total. The van der Waals surface area contributed by atoms with Gasteiger partial charge in [-0.05, 0) is 0 Å². The molecule has 0 unspecified atom stereocenters. The van der Waals surface area contributed by atoms with Gasteiger partial charge in [0.1, 0.15) is 0 Å². The van der Waals surface area contributed by atoms with Gasteiger partial charge in [-0.3, -0.25) is 0 Å². The van der Waals surface area contributed by atoms with Gasteiger partial charge >= 0.3 is 197 Å². The summed E-state index contributed by atoms with van der Waals surface area (Å²) in [5.74, 6) is 0. The van der Waals surface area contributed by atoms with Crippen molar-refractivity contribution in [1.29, 1.82) is 0 Å². The molecular formula is C22H21Br4P. The average Bonchev–Trinajstić information content (AvgIpc) is 2.68. The molecule has 3 aromatic carbocycles. The SMILES string of the molecule is CCCCP(Br)(c1ccc(Br)cc1)(c1ccc(Br)cc1)c1ccc(Br)cc1. The molecule has 5 heteroatoms. The molecule has 0 aromatic heterocycles. The summed E-state index contributed by atoms with van der Waals surface area (Å²) in [5, 5.41) is 1.31. The van der Waals surface area contributed by atoms with Crippen LogP contribution in [0.25, 0.3) is 0 Å². The van der Waals surface area contributed by atoms with Gasteiger partial charge in [-0.25, -0.2) is 0 Å². The second-order valence-electron chi connectivity index (χ2n) is 6.69. The summed E-state index contributed by atoms with van der Waals surface area (Å²) in [6.07, 6.45) is 3.41. The molecule has 27 heavy (non-hydrogen) atoms. The molecule has 0 aliphatic carbocycles. The Hall–Kier alpha value is 0.01000. The maximum atomic E-state index is 4.48. The van der Waals surface area contributed by atoms with Gasteiger partial charge in [0.05, 0.1) is 0 Å². The second-order valence-corrected chi connectivity index (χ2v) is 18.5. The van der Waals surface area contributed by atoms with Crippen LogP contribution >= 0.6 is 68.6 Å². The third-order valence-electron chi connectivity index (χ3n) is 5.03. The van der Waals surface area contributed by atoms with Crippen LogP contribution in [-0.4, -0.2) is 6.16 Å². The standard InChI is InChI=1S/C22H21Br4P/c1-2-3-16-27(26,20-10-4-17(23)5-11-20,21-12-6-18(24)7-13-21)22-14-8-19(25)9-15-22/h4-15H,2-3,16H2,1H3. The molecule has 0 bridgehead atoms. The normalized spacial score (nSPS) is 13.1. The number of halogens is 4. The van der Waals surface area contributed by atoms with Crippen molar-refractivity contribution in [2.75, 3.05) is 6.16 Å². The van der Waals surface area contributed by atoms with Gasteiger partial charge in [-0.1, -0.05) is 0 Å². The molecule has 0 aliphatic rings. The second kappa shape index (κ2) is 8.79. The number of rotatable bonds is 6. The van der Waals surface area contributed by atoms with E-state index in [2.05, 4.69) is 143 Å². The van der Waals surface area contributed by atoms with Crippen LogP contribution in [0.2, 0.25) is 0 Å². The predicted octanol–water partition coefficient (Wildman–Crippen LogP) is 7.91. The molecule has 3 rings (SSSR count). The monoisotopic (exact) mass is 632 g/mol. The molecule has 0 atom stereocenters. The van der Waals surface area contributed by atoms with Crippen LogP contribution in [-0.2, 0) is 0 Å². The van der Waals surface area contributed by atoms with Crippen molar-refractivity contribution in [3.8, 4) is 0 Å². The van der Waals surface area contributed by atoms with Gasteiger partial charge in [-0.15, -0.1) is 0 Å². The van der Waals surface area contributed by atoms with Crippen molar-refractivity contribution in [2.45, 2.75) is 19.8 Å².